The zero-order chi connectivity index (χ0) is 16.1. The van der Waals surface area contributed by atoms with Crippen LogP contribution in [0.2, 0.25) is 0 Å². The second kappa shape index (κ2) is 6.80. The third-order valence-corrected chi connectivity index (χ3v) is 3.33. The van der Waals surface area contributed by atoms with E-state index in [9.17, 15) is 4.79 Å². The maximum atomic E-state index is 12.0. The molecule has 4 heteroatoms. The summed E-state index contributed by atoms with van der Waals surface area (Å²) >= 11 is 0. The smallest absolute Gasteiger partial charge is 0.248 e. The van der Waals surface area contributed by atoms with Gasteiger partial charge in [0, 0.05) is 11.8 Å². The van der Waals surface area contributed by atoms with Crippen molar-refractivity contribution >= 4 is 23.4 Å². The van der Waals surface area contributed by atoms with E-state index in [4.69, 9.17) is 10.5 Å². The first-order valence-corrected chi connectivity index (χ1v) is 6.99. The number of carbonyl (C=O) groups excluding carboxylic acids is 1. The predicted octanol–water partition coefficient (Wildman–Crippen LogP) is 3.55. The highest BCUT2D eigenvalue weighted by Crippen LogP contribution is 2.22. The number of rotatable bonds is 4. The molecule has 0 saturated carbocycles. The molecule has 0 atom stereocenters. The number of methoxy groups -OCH3 is 1. The number of hydrogen-bond donors (Lipinski definition) is 2. The molecule has 0 unspecified atom stereocenters. The van der Waals surface area contributed by atoms with Crippen molar-refractivity contribution in [3.8, 4) is 5.75 Å². The van der Waals surface area contributed by atoms with Crippen molar-refractivity contribution in [2.24, 2.45) is 0 Å². The standard InChI is InChI=1S/C18H20N2O2/c1-12-4-5-13(2)16(10-12)20-18(21)9-7-14-6-8-17(22-3)15(19)11-14/h4-11H,19H2,1-3H3,(H,20,21)/b9-7+. The van der Waals surface area contributed by atoms with E-state index in [1.165, 1.54) is 6.08 Å². The highest BCUT2D eigenvalue weighted by atomic mass is 16.5. The third-order valence-electron chi connectivity index (χ3n) is 3.33. The van der Waals surface area contributed by atoms with Gasteiger partial charge in [-0.3, -0.25) is 4.79 Å². The van der Waals surface area contributed by atoms with Gasteiger partial charge in [-0.25, -0.2) is 0 Å². The number of aryl methyl sites for hydroxylation is 2. The Morgan fingerprint density at radius 1 is 1.18 bits per heavy atom. The van der Waals surface area contributed by atoms with Crippen LogP contribution >= 0.6 is 0 Å². The molecule has 2 aromatic carbocycles. The van der Waals surface area contributed by atoms with Crippen LogP contribution in [0.4, 0.5) is 11.4 Å². The minimum absolute atomic E-state index is 0.178. The summed E-state index contributed by atoms with van der Waals surface area (Å²) in [5.74, 6) is 0.445. The van der Waals surface area contributed by atoms with E-state index in [1.54, 1.807) is 25.3 Å². The molecule has 0 aliphatic rings. The van der Waals surface area contributed by atoms with Crippen molar-refractivity contribution in [1.29, 1.82) is 0 Å². The quantitative estimate of drug-likeness (QED) is 0.670. The molecule has 0 saturated heterocycles. The highest BCUT2D eigenvalue weighted by molar-refractivity contribution is 6.02. The summed E-state index contributed by atoms with van der Waals surface area (Å²) in [6, 6.07) is 11.3. The number of benzene rings is 2. The maximum Gasteiger partial charge on any atom is 0.248 e. The number of hydrogen-bond acceptors (Lipinski definition) is 3. The summed E-state index contributed by atoms with van der Waals surface area (Å²) in [5.41, 5.74) is 10.2. The molecule has 0 fully saturated rings. The molecule has 0 heterocycles. The minimum Gasteiger partial charge on any atom is -0.495 e. The van der Waals surface area contributed by atoms with Crippen molar-refractivity contribution in [3.05, 3.63) is 59.2 Å². The lowest BCUT2D eigenvalue weighted by Gasteiger charge is -2.07. The van der Waals surface area contributed by atoms with Crippen LogP contribution in [-0.2, 0) is 4.79 Å². The Morgan fingerprint density at radius 2 is 1.95 bits per heavy atom. The molecule has 2 rings (SSSR count). The van der Waals surface area contributed by atoms with Crippen LogP contribution in [0.1, 0.15) is 16.7 Å². The number of anilines is 2. The fourth-order valence-corrected chi connectivity index (χ4v) is 2.07. The number of nitrogen functional groups attached to an aromatic ring is 1. The summed E-state index contributed by atoms with van der Waals surface area (Å²) < 4.78 is 5.10. The van der Waals surface area contributed by atoms with Gasteiger partial charge in [0.25, 0.3) is 0 Å². The fraction of sp³-hybridized carbons (Fsp3) is 0.167. The van der Waals surface area contributed by atoms with Crippen molar-refractivity contribution in [2.75, 3.05) is 18.2 Å². The first-order valence-electron chi connectivity index (χ1n) is 6.99. The van der Waals surface area contributed by atoms with E-state index < -0.39 is 0 Å². The number of nitrogens with one attached hydrogen (secondary N) is 1. The fourth-order valence-electron chi connectivity index (χ4n) is 2.07. The Labute approximate surface area is 130 Å². The molecular formula is C18H20N2O2. The van der Waals surface area contributed by atoms with Crippen molar-refractivity contribution < 1.29 is 9.53 Å². The first-order chi connectivity index (χ1) is 10.5. The van der Waals surface area contributed by atoms with Crippen molar-refractivity contribution in [2.45, 2.75) is 13.8 Å². The van der Waals surface area contributed by atoms with E-state index in [2.05, 4.69) is 5.32 Å². The summed E-state index contributed by atoms with van der Waals surface area (Å²) in [6.45, 7) is 3.95. The lowest BCUT2D eigenvalue weighted by atomic mass is 10.1. The summed E-state index contributed by atoms with van der Waals surface area (Å²) in [6.07, 6.45) is 3.21. The zero-order valence-electron chi connectivity index (χ0n) is 13.0. The van der Waals surface area contributed by atoms with Crippen LogP contribution in [0.25, 0.3) is 6.08 Å². The molecule has 2 aromatic rings. The summed E-state index contributed by atoms with van der Waals surface area (Å²) in [4.78, 5) is 12.0. The number of carbonyl (C=O) groups is 1. The molecule has 0 aliphatic heterocycles. The molecule has 0 aliphatic carbocycles. The minimum atomic E-state index is -0.178. The molecule has 0 radical (unpaired) electrons. The normalized spacial score (nSPS) is 10.7. The lowest BCUT2D eigenvalue weighted by Crippen LogP contribution is -2.09. The zero-order valence-corrected chi connectivity index (χ0v) is 13.0. The second-order valence-electron chi connectivity index (χ2n) is 5.14. The molecule has 22 heavy (non-hydrogen) atoms. The van der Waals surface area contributed by atoms with Gasteiger partial charge in [0.15, 0.2) is 0 Å². The molecule has 114 valence electrons. The molecule has 1 amide bonds. The average molecular weight is 296 g/mol. The molecular weight excluding hydrogens is 276 g/mol. The van der Waals surface area contributed by atoms with Crippen LogP contribution in [0, 0.1) is 13.8 Å². The predicted molar refractivity (Wildman–Crippen MR) is 91.0 cm³/mol. The van der Waals surface area contributed by atoms with E-state index in [-0.39, 0.29) is 5.91 Å². The van der Waals surface area contributed by atoms with Gasteiger partial charge in [0.1, 0.15) is 5.75 Å². The van der Waals surface area contributed by atoms with Crippen molar-refractivity contribution in [1.82, 2.24) is 0 Å². The first kappa shape index (κ1) is 15.6. The number of ether oxygens (including phenoxy) is 1. The van der Waals surface area contributed by atoms with Gasteiger partial charge < -0.3 is 15.8 Å². The SMILES string of the molecule is COc1ccc(/C=C/C(=O)Nc2cc(C)ccc2C)cc1N. The lowest BCUT2D eigenvalue weighted by molar-refractivity contribution is -0.111. The van der Waals surface area contributed by atoms with Crippen LogP contribution in [0.5, 0.6) is 5.75 Å². The third kappa shape index (κ3) is 3.88. The molecule has 0 spiro atoms. The average Bonchev–Trinajstić information content (AvgIpc) is 2.49. The van der Waals surface area contributed by atoms with Gasteiger partial charge in [0.2, 0.25) is 5.91 Å². The monoisotopic (exact) mass is 296 g/mol. The molecule has 3 N–H and O–H groups in total. The Hall–Kier alpha value is -2.75. The number of amides is 1. The molecule has 4 nitrogen and oxygen atoms in total. The van der Waals surface area contributed by atoms with Gasteiger partial charge in [0.05, 0.1) is 12.8 Å². The van der Waals surface area contributed by atoms with E-state index in [1.807, 2.05) is 38.1 Å². The van der Waals surface area contributed by atoms with Gasteiger partial charge in [-0.15, -0.1) is 0 Å². The molecule has 0 aromatic heterocycles. The summed E-state index contributed by atoms with van der Waals surface area (Å²) in [5, 5.41) is 2.88. The van der Waals surface area contributed by atoms with Crippen LogP contribution < -0.4 is 15.8 Å². The topological polar surface area (TPSA) is 64.3 Å². The van der Waals surface area contributed by atoms with E-state index in [0.29, 0.717) is 11.4 Å². The Bertz CT molecular complexity index is 721. The Balaban J connectivity index is 2.08. The Kier molecular flexibility index (Phi) is 4.84. The summed E-state index contributed by atoms with van der Waals surface area (Å²) in [7, 11) is 1.57. The van der Waals surface area contributed by atoms with Gasteiger partial charge >= 0.3 is 0 Å². The van der Waals surface area contributed by atoms with Gasteiger partial charge in [-0.2, -0.15) is 0 Å². The van der Waals surface area contributed by atoms with E-state index >= 15 is 0 Å². The van der Waals surface area contributed by atoms with Gasteiger partial charge in [-0.1, -0.05) is 18.2 Å². The van der Waals surface area contributed by atoms with Crippen molar-refractivity contribution in [3.63, 3.8) is 0 Å². The number of nitrogens with two attached hydrogens (primary N) is 1. The van der Waals surface area contributed by atoms with Gasteiger partial charge in [-0.05, 0) is 54.8 Å². The Morgan fingerprint density at radius 3 is 2.64 bits per heavy atom. The van der Waals surface area contributed by atoms with Crippen LogP contribution in [-0.4, -0.2) is 13.0 Å². The highest BCUT2D eigenvalue weighted by Gasteiger charge is 2.03. The molecule has 0 bridgehead atoms. The van der Waals surface area contributed by atoms with Crippen LogP contribution in [0.3, 0.4) is 0 Å². The second-order valence-corrected chi connectivity index (χ2v) is 5.14. The largest absolute Gasteiger partial charge is 0.495 e. The maximum absolute atomic E-state index is 12.0. The van der Waals surface area contributed by atoms with Crippen LogP contribution in [0.15, 0.2) is 42.5 Å². The van der Waals surface area contributed by atoms with E-state index in [0.717, 1.165) is 22.4 Å².